The van der Waals surface area contributed by atoms with Gasteiger partial charge in [0.15, 0.2) is 0 Å². The van der Waals surface area contributed by atoms with Crippen LogP contribution in [0.4, 0.5) is 0 Å². The number of halogens is 1. The fourth-order valence-electron chi connectivity index (χ4n) is 1.99. The zero-order valence-corrected chi connectivity index (χ0v) is 11.9. The number of thioether (sulfide) groups is 1. The average molecular weight is 314 g/mol. The van der Waals surface area contributed by atoms with Crippen molar-refractivity contribution in [1.29, 1.82) is 0 Å². The molecule has 0 saturated carbocycles. The normalized spacial score (nSPS) is 25.3. The number of nitrogens with zero attached hydrogens (tertiary/aromatic N) is 1. The van der Waals surface area contributed by atoms with Gasteiger partial charge in [0.25, 0.3) is 0 Å². The Bertz CT molecular complexity index is 463. The minimum atomic E-state index is 0.671. The molecule has 84 valence electrons. The van der Waals surface area contributed by atoms with Gasteiger partial charge in [0.05, 0.1) is 15.2 Å². The van der Waals surface area contributed by atoms with Crippen molar-refractivity contribution in [2.45, 2.75) is 11.2 Å². The van der Waals surface area contributed by atoms with Crippen LogP contribution in [-0.4, -0.2) is 21.3 Å². The molecule has 0 bridgehead atoms. The SMILES string of the molecule is BrC1CSCC1Cc1nc2ccccc2s1. The summed E-state index contributed by atoms with van der Waals surface area (Å²) in [7, 11) is 0. The predicted molar refractivity (Wildman–Crippen MR) is 76.9 cm³/mol. The molecule has 0 amide bonds. The van der Waals surface area contributed by atoms with Crippen molar-refractivity contribution in [2.24, 2.45) is 5.92 Å². The third kappa shape index (κ3) is 2.15. The molecule has 0 aliphatic carbocycles. The summed E-state index contributed by atoms with van der Waals surface area (Å²) in [5.41, 5.74) is 1.15. The second-order valence-electron chi connectivity index (χ2n) is 4.09. The largest absolute Gasteiger partial charge is 0.241 e. The lowest BCUT2D eigenvalue weighted by atomic mass is 10.1. The second-order valence-corrected chi connectivity index (χ2v) is 7.46. The fourth-order valence-corrected chi connectivity index (χ4v) is 5.52. The molecular weight excluding hydrogens is 302 g/mol. The number of hydrogen-bond donors (Lipinski definition) is 0. The van der Waals surface area contributed by atoms with Gasteiger partial charge in [-0.2, -0.15) is 11.8 Å². The molecule has 16 heavy (non-hydrogen) atoms. The molecule has 4 heteroatoms. The van der Waals surface area contributed by atoms with Gasteiger partial charge in [0.1, 0.15) is 0 Å². The molecular formula is C12H12BrNS2. The van der Waals surface area contributed by atoms with Crippen LogP contribution in [0.25, 0.3) is 10.2 Å². The third-order valence-corrected chi connectivity index (χ3v) is 6.71. The Labute approximate surface area is 112 Å². The molecule has 0 N–H and O–H groups in total. The van der Waals surface area contributed by atoms with E-state index in [4.69, 9.17) is 4.98 Å². The maximum absolute atomic E-state index is 4.70. The van der Waals surface area contributed by atoms with Gasteiger partial charge in [-0.3, -0.25) is 0 Å². The number of thiazole rings is 1. The number of hydrogen-bond acceptors (Lipinski definition) is 3. The number of para-hydroxylation sites is 1. The molecule has 2 heterocycles. The van der Waals surface area contributed by atoms with Gasteiger partial charge in [-0.25, -0.2) is 4.98 Å². The lowest BCUT2D eigenvalue weighted by Gasteiger charge is -2.09. The van der Waals surface area contributed by atoms with Crippen molar-refractivity contribution in [1.82, 2.24) is 4.98 Å². The van der Waals surface area contributed by atoms with E-state index in [9.17, 15) is 0 Å². The summed E-state index contributed by atoms with van der Waals surface area (Å²) < 4.78 is 1.31. The standard InChI is InChI=1S/C12H12BrNS2/c13-9-7-15-6-8(9)5-12-14-10-3-1-2-4-11(10)16-12/h1-4,8-9H,5-7H2. The fraction of sp³-hybridized carbons (Fsp3) is 0.417. The molecule has 1 fully saturated rings. The Kier molecular flexibility index (Phi) is 3.22. The highest BCUT2D eigenvalue weighted by molar-refractivity contribution is 9.09. The van der Waals surface area contributed by atoms with Crippen molar-refractivity contribution >= 4 is 49.2 Å². The first-order valence-corrected chi connectivity index (χ1v) is 8.28. The first-order chi connectivity index (χ1) is 7.83. The first-order valence-electron chi connectivity index (χ1n) is 5.39. The molecule has 2 unspecified atom stereocenters. The molecule has 1 aliphatic heterocycles. The van der Waals surface area contributed by atoms with E-state index in [1.165, 1.54) is 21.2 Å². The zero-order valence-electron chi connectivity index (χ0n) is 8.73. The van der Waals surface area contributed by atoms with E-state index in [2.05, 4.69) is 40.2 Å². The molecule has 3 rings (SSSR count). The molecule has 1 aliphatic rings. The van der Waals surface area contributed by atoms with Crippen molar-refractivity contribution in [3.63, 3.8) is 0 Å². The van der Waals surface area contributed by atoms with E-state index < -0.39 is 0 Å². The zero-order chi connectivity index (χ0) is 11.0. The Hall–Kier alpha value is -0.0600. The van der Waals surface area contributed by atoms with Crippen molar-refractivity contribution in [3.05, 3.63) is 29.3 Å². The van der Waals surface area contributed by atoms with Gasteiger partial charge in [-0.15, -0.1) is 11.3 Å². The van der Waals surface area contributed by atoms with Crippen molar-refractivity contribution in [3.8, 4) is 0 Å². The van der Waals surface area contributed by atoms with Crippen LogP contribution < -0.4 is 0 Å². The molecule has 2 aromatic rings. The summed E-state index contributed by atoms with van der Waals surface area (Å²) in [6.45, 7) is 0. The van der Waals surface area contributed by atoms with Gasteiger partial charge < -0.3 is 0 Å². The quantitative estimate of drug-likeness (QED) is 0.778. The van der Waals surface area contributed by atoms with E-state index in [-0.39, 0.29) is 0 Å². The molecule has 2 atom stereocenters. The lowest BCUT2D eigenvalue weighted by molar-refractivity contribution is 0.615. The molecule has 1 aromatic heterocycles. The lowest BCUT2D eigenvalue weighted by Crippen LogP contribution is -2.13. The van der Waals surface area contributed by atoms with Crippen LogP contribution in [0.3, 0.4) is 0 Å². The summed E-state index contributed by atoms with van der Waals surface area (Å²) in [5.74, 6) is 3.27. The molecule has 1 saturated heterocycles. The van der Waals surface area contributed by atoms with Gasteiger partial charge in [0.2, 0.25) is 0 Å². The van der Waals surface area contributed by atoms with E-state index in [1.54, 1.807) is 0 Å². The summed E-state index contributed by atoms with van der Waals surface area (Å²) in [4.78, 5) is 5.37. The van der Waals surface area contributed by atoms with E-state index in [1.807, 2.05) is 23.1 Å². The molecule has 0 radical (unpaired) electrons. The summed E-state index contributed by atoms with van der Waals surface area (Å²) in [5, 5.41) is 1.29. The summed E-state index contributed by atoms with van der Waals surface area (Å²) in [6.07, 6.45) is 1.13. The van der Waals surface area contributed by atoms with E-state index in [0.29, 0.717) is 4.83 Å². The van der Waals surface area contributed by atoms with Crippen LogP contribution >= 0.6 is 39.0 Å². The Morgan fingerprint density at radius 1 is 1.31 bits per heavy atom. The maximum Gasteiger partial charge on any atom is 0.0942 e. The Balaban J connectivity index is 1.83. The van der Waals surface area contributed by atoms with Gasteiger partial charge in [0, 0.05) is 17.0 Å². The van der Waals surface area contributed by atoms with Gasteiger partial charge in [-0.05, 0) is 23.8 Å². The van der Waals surface area contributed by atoms with Crippen LogP contribution in [0.1, 0.15) is 5.01 Å². The number of rotatable bonds is 2. The number of aromatic nitrogens is 1. The number of fused-ring (bicyclic) bond motifs is 1. The highest BCUT2D eigenvalue weighted by atomic mass is 79.9. The van der Waals surface area contributed by atoms with Crippen LogP contribution in [0, 0.1) is 5.92 Å². The third-order valence-electron chi connectivity index (χ3n) is 2.90. The smallest absolute Gasteiger partial charge is 0.0942 e. The van der Waals surface area contributed by atoms with E-state index in [0.717, 1.165) is 17.9 Å². The van der Waals surface area contributed by atoms with Crippen LogP contribution in [-0.2, 0) is 6.42 Å². The summed E-state index contributed by atoms with van der Waals surface area (Å²) >= 11 is 7.65. The first kappa shape index (κ1) is 11.1. The average Bonchev–Trinajstić information content (AvgIpc) is 2.85. The van der Waals surface area contributed by atoms with Gasteiger partial charge in [-0.1, -0.05) is 28.1 Å². The van der Waals surface area contributed by atoms with Crippen molar-refractivity contribution < 1.29 is 0 Å². The minimum absolute atomic E-state index is 0.671. The van der Waals surface area contributed by atoms with Crippen molar-refractivity contribution in [2.75, 3.05) is 11.5 Å². The highest BCUT2D eigenvalue weighted by Crippen LogP contribution is 2.33. The Morgan fingerprint density at radius 3 is 2.94 bits per heavy atom. The Morgan fingerprint density at radius 2 is 2.19 bits per heavy atom. The van der Waals surface area contributed by atoms with E-state index >= 15 is 0 Å². The molecule has 0 spiro atoms. The predicted octanol–water partition coefficient (Wildman–Crippen LogP) is 3.97. The highest BCUT2D eigenvalue weighted by Gasteiger charge is 2.26. The number of alkyl halides is 1. The van der Waals surface area contributed by atoms with Crippen LogP contribution in [0.2, 0.25) is 0 Å². The summed E-state index contributed by atoms with van der Waals surface area (Å²) in [6, 6.07) is 8.41. The van der Waals surface area contributed by atoms with Crippen LogP contribution in [0.5, 0.6) is 0 Å². The molecule has 1 nitrogen and oxygen atoms in total. The topological polar surface area (TPSA) is 12.9 Å². The maximum atomic E-state index is 4.70. The van der Waals surface area contributed by atoms with Gasteiger partial charge >= 0.3 is 0 Å². The minimum Gasteiger partial charge on any atom is -0.241 e. The van der Waals surface area contributed by atoms with Crippen LogP contribution in [0.15, 0.2) is 24.3 Å². The molecule has 1 aromatic carbocycles. The second kappa shape index (κ2) is 4.67. The number of benzene rings is 1. The monoisotopic (exact) mass is 313 g/mol.